The van der Waals surface area contributed by atoms with E-state index in [1.165, 1.54) is 154 Å². The number of ether oxygens (including phenoxy) is 3. The Morgan fingerprint density at radius 3 is 0.968 bits per heavy atom. The van der Waals surface area contributed by atoms with Gasteiger partial charge in [0.25, 0.3) is 0 Å². The number of unbranched alkanes of at least 4 members (excludes halogenated alkanes) is 30. The summed E-state index contributed by atoms with van der Waals surface area (Å²) in [4.78, 5) is 38.0. The van der Waals surface area contributed by atoms with E-state index in [0.29, 0.717) is 19.3 Å². The van der Waals surface area contributed by atoms with Gasteiger partial charge >= 0.3 is 17.9 Å². The Morgan fingerprint density at radius 1 is 0.317 bits per heavy atom. The van der Waals surface area contributed by atoms with Gasteiger partial charge in [0, 0.05) is 19.3 Å². The maximum absolute atomic E-state index is 12.8. The van der Waals surface area contributed by atoms with Gasteiger partial charge < -0.3 is 14.2 Å². The molecule has 0 N–H and O–H groups in total. The van der Waals surface area contributed by atoms with E-state index in [4.69, 9.17) is 14.2 Å². The van der Waals surface area contributed by atoms with Crippen molar-refractivity contribution in [3.8, 4) is 0 Å². The summed E-state index contributed by atoms with van der Waals surface area (Å²) in [6.45, 7) is 6.57. The van der Waals surface area contributed by atoms with Crippen molar-refractivity contribution in [3.63, 3.8) is 0 Å². The van der Waals surface area contributed by atoms with Gasteiger partial charge in [-0.1, -0.05) is 211 Å². The van der Waals surface area contributed by atoms with E-state index in [2.05, 4.69) is 69.4 Å². The molecule has 0 radical (unpaired) electrons. The van der Waals surface area contributed by atoms with Crippen LogP contribution in [0.1, 0.15) is 278 Å². The van der Waals surface area contributed by atoms with Crippen LogP contribution in [-0.4, -0.2) is 37.2 Å². The third-order valence-corrected chi connectivity index (χ3v) is 11.8. The zero-order valence-corrected chi connectivity index (χ0v) is 41.8. The Bertz CT molecular complexity index is 1110. The molecule has 0 amide bonds. The van der Waals surface area contributed by atoms with Crippen LogP contribution in [0.15, 0.2) is 48.6 Å². The predicted octanol–water partition coefficient (Wildman–Crippen LogP) is 17.9. The third kappa shape index (κ3) is 50.2. The predicted molar refractivity (Wildman–Crippen MR) is 270 cm³/mol. The standard InChI is InChI=1S/C57H102O6/c1-4-7-10-13-16-19-22-24-26-27-28-29-31-32-35-38-41-44-47-50-56(59)62-53-54(52-61-55(58)49-46-43-40-37-34-21-18-15-12-9-6-3)63-57(60)51-48-45-42-39-36-33-30-25-23-20-17-14-11-8-5-2/h15-16,18-19,24-26,30,54H,4-14,17,20-23,27-29,31-53H2,1-3H3/b18-15-,19-16-,26-24-,30-25-/t54-/m1/s1. The van der Waals surface area contributed by atoms with Crippen molar-refractivity contribution < 1.29 is 28.6 Å². The van der Waals surface area contributed by atoms with Gasteiger partial charge in [-0.05, 0) is 96.3 Å². The second kappa shape index (κ2) is 52.0. The highest BCUT2D eigenvalue weighted by Gasteiger charge is 2.19. The maximum atomic E-state index is 12.8. The first kappa shape index (κ1) is 60.4. The first-order valence-corrected chi connectivity index (χ1v) is 27.1. The Labute approximate surface area is 390 Å². The molecule has 0 aliphatic rings. The van der Waals surface area contributed by atoms with Gasteiger partial charge in [-0.2, -0.15) is 0 Å². The molecule has 0 aromatic carbocycles. The number of carbonyl (C=O) groups is 3. The lowest BCUT2D eigenvalue weighted by Crippen LogP contribution is -2.30. The monoisotopic (exact) mass is 883 g/mol. The molecule has 6 heteroatoms. The van der Waals surface area contributed by atoms with Crippen LogP contribution in [0.3, 0.4) is 0 Å². The number of esters is 3. The smallest absolute Gasteiger partial charge is 0.306 e. The molecule has 0 heterocycles. The molecule has 0 aromatic heterocycles. The lowest BCUT2D eigenvalue weighted by molar-refractivity contribution is -0.167. The van der Waals surface area contributed by atoms with Crippen LogP contribution in [0.5, 0.6) is 0 Å². The van der Waals surface area contributed by atoms with E-state index in [1.54, 1.807) is 0 Å². The van der Waals surface area contributed by atoms with Crippen LogP contribution < -0.4 is 0 Å². The van der Waals surface area contributed by atoms with Crippen molar-refractivity contribution in [1.29, 1.82) is 0 Å². The molecule has 0 fully saturated rings. The fourth-order valence-electron chi connectivity index (χ4n) is 7.62. The fourth-order valence-corrected chi connectivity index (χ4v) is 7.62. The first-order chi connectivity index (χ1) is 31.0. The molecule has 0 aliphatic carbocycles. The molecule has 0 aromatic rings. The van der Waals surface area contributed by atoms with Crippen molar-refractivity contribution in [1.82, 2.24) is 0 Å². The molecular formula is C57H102O6. The van der Waals surface area contributed by atoms with Crippen LogP contribution in [0.4, 0.5) is 0 Å². The number of rotatable bonds is 49. The molecule has 63 heavy (non-hydrogen) atoms. The summed E-state index contributed by atoms with van der Waals surface area (Å²) in [5.41, 5.74) is 0. The van der Waals surface area contributed by atoms with E-state index in [1.807, 2.05) is 0 Å². The van der Waals surface area contributed by atoms with Crippen molar-refractivity contribution in [2.24, 2.45) is 0 Å². The first-order valence-electron chi connectivity index (χ1n) is 27.1. The average Bonchev–Trinajstić information content (AvgIpc) is 3.28. The molecule has 6 nitrogen and oxygen atoms in total. The van der Waals surface area contributed by atoms with E-state index < -0.39 is 6.10 Å². The van der Waals surface area contributed by atoms with Crippen LogP contribution in [0, 0.1) is 0 Å². The molecule has 0 spiro atoms. The van der Waals surface area contributed by atoms with E-state index >= 15 is 0 Å². The van der Waals surface area contributed by atoms with Crippen molar-refractivity contribution in [3.05, 3.63) is 48.6 Å². The Morgan fingerprint density at radius 2 is 0.587 bits per heavy atom. The molecule has 0 aliphatic heterocycles. The zero-order chi connectivity index (χ0) is 45.8. The highest BCUT2D eigenvalue weighted by Crippen LogP contribution is 2.15. The summed E-state index contributed by atoms with van der Waals surface area (Å²) in [5.74, 6) is -0.894. The fraction of sp³-hybridized carbons (Fsp3) is 0.807. The summed E-state index contributed by atoms with van der Waals surface area (Å²) in [7, 11) is 0. The molecule has 0 rings (SSSR count). The largest absolute Gasteiger partial charge is 0.462 e. The third-order valence-electron chi connectivity index (χ3n) is 11.8. The maximum Gasteiger partial charge on any atom is 0.306 e. The molecule has 366 valence electrons. The van der Waals surface area contributed by atoms with Gasteiger partial charge in [-0.3, -0.25) is 14.4 Å². The van der Waals surface area contributed by atoms with Gasteiger partial charge in [0.05, 0.1) is 0 Å². The second-order valence-electron chi connectivity index (χ2n) is 18.1. The van der Waals surface area contributed by atoms with Gasteiger partial charge in [-0.15, -0.1) is 0 Å². The van der Waals surface area contributed by atoms with Crippen molar-refractivity contribution >= 4 is 17.9 Å². The minimum absolute atomic E-state index is 0.0803. The van der Waals surface area contributed by atoms with Gasteiger partial charge in [-0.25, -0.2) is 0 Å². The highest BCUT2D eigenvalue weighted by molar-refractivity contribution is 5.71. The van der Waals surface area contributed by atoms with E-state index in [-0.39, 0.29) is 31.1 Å². The molecule has 0 saturated carbocycles. The molecule has 0 bridgehead atoms. The quantitative estimate of drug-likeness (QED) is 0.0262. The number of carbonyl (C=O) groups excluding carboxylic acids is 3. The molecule has 0 saturated heterocycles. The molecule has 1 atom stereocenters. The van der Waals surface area contributed by atoms with Crippen molar-refractivity contribution in [2.45, 2.75) is 284 Å². The number of hydrogen-bond acceptors (Lipinski definition) is 6. The minimum atomic E-state index is -0.780. The topological polar surface area (TPSA) is 78.9 Å². The molecule has 0 unspecified atom stereocenters. The summed E-state index contributed by atoms with van der Waals surface area (Å²) in [5, 5.41) is 0. The van der Waals surface area contributed by atoms with Gasteiger partial charge in [0.1, 0.15) is 13.2 Å². The van der Waals surface area contributed by atoms with E-state index in [0.717, 1.165) is 83.5 Å². The normalized spacial score (nSPS) is 12.4. The van der Waals surface area contributed by atoms with Crippen LogP contribution in [0.2, 0.25) is 0 Å². The minimum Gasteiger partial charge on any atom is -0.462 e. The summed E-state index contributed by atoms with van der Waals surface area (Å²) in [6.07, 6.45) is 62.4. The van der Waals surface area contributed by atoms with Gasteiger partial charge in [0.15, 0.2) is 6.10 Å². The van der Waals surface area contributed by atoms with Gasteiger partial charge in [0.2, 0.25) is 0 Å². The van der Waals surface area contributed by atoms with Crippen LogP contribution >= 0.6 is 0 Å². The Kier molecular flexibility index (Phi) is 49.8. The lowest BCUT2D eigenvalue weighted by Gasteiger charge is -2.18. The van der Waals surface area contributed by atoms with Crippen LogP contribution in [0.25, 0.3) is 0 Å². The van der Waals surface area contributed by atoms with E-state index in [9.17, 15) is 14.4 Å². The lowest BCUT2D eigenvalue weighted by atomic mass is 10.1. The summed E-state index contributed by atoms with van der Waals surface area (Å²) >= 11 is 0. The summed E-state index contributed by atoms with van der Waals surface area (Å²) in [6, 6.07) is 0. The number of allylic oxidation sites excluding steroid dienone is 8. The molecular weight excluding hydrogens is 781 g/mol. The average molecular weight is 883 g/mol. The van der Waals surface area contributed by atoms with Crippen LogP contribution in [-0.2, 0) is 28.6 Å². The van der Waals surface area contributed by atoms with Crippen molar-refractivity contribution in [2.75, 3.05) is 13.2 Å². The Hall–Kier alpha value is -2.63. The second-order valence-corrected chi connectivity index (χ2v) is 18.1. The SMILES string of the molecule is CCCC/C=C\CCCCCCCC(=O)OC[C@H](COC(=O)CCCCCCCCCCC/C=C\C/C=C\CCCCC)OC(=O)CCCCCCC/C=C\CCCCCCCC. The number of hydrogen-bond donors (Lipinski definition) is 0. The highest BCUT2D eigenvalue weighted by atomic mass is 16.6. The summed E-state index contributed by atoms with van der Waals surface area (Å²) < 4.78 is 16.8. The zero-order valence-electron chi connectivity index (χ0n) is 41.8. The Balaban J connectivity index is 4.34.